The van der Waals surface area contributed by atoms with Crippen LogP contribution in [0.3, 0.4) is 0 Å². The Bertz CT molecular complexity index is 35.2. The quantitative estimate of drug-likeness (QED) is 0.501. The Labute approximate surface area is 50.9 Å². The molecule has 0 amide bonds. The lowest BCUT2D eigenvalue weighted by molar-refractivity contribution is 0.860. The first-order valence-corrected chi connectivity index (χ1v) is 3.22. The van der Waals surface area contributed by atoms with Crippen LogP contribution in [0.5, 0.6) is 0 Å². The predicted molar refractivity (Wildman–Crippen MR) is 34.5 cm³/mol. The van der Waals surface area contributed by atoms with Crippen molar-refractivity contribution in [1.82, 2.24) is 0 Å². The Morgan fingerprint density at radius 3 is 2.29 bits per heavy atom. The monoisotopic (exact) mass is 119 g/mol. The van der Waals surface area contributed by atoms with Crippen molar-refractivity contribution in [2.45, 2.75) is 32.1 Å². The highest BCUT2D eigenvalue weighted by Gasteiger charge is 1.95. The van der Waals surface area contributed by atoms with Crippen LogP contribution in [0.1, 0.15) is 26.7 Å². The Morgan fingerprint density at radius 2 is 2.14 bits per heavy atom. The minimum absolute atomic E-state index is 0.296. The lowest BCUT2D eigenvalue weighted by Crippen LogP contribution is -1.93. The van der Waals surface area contributed by atoms with Crippen LogP contribution in [0.2, 0.25) is 0 Å². The molecule has 0 saturated carbocycles. The second kappa shape index (κ2) is 4.45. The van der Waals surface area contributed by atoms with Crippen LogP contribution >= 0.6 is 11.6 Å². The summed E-state index contributed by atoms with van der Waals surface area (Å²) in [6, 6.07) is 0. The van der Waals surface area contributed by atoms with Crippen molar-refractivity contribution in [3.63, 3.8) is 0 Å². The van der Waals surface area contributed by atoms with Gasteiger partial charge in [-0.15, -0.1) is 11.6 Å². The van der Waals surface area contributed by atoms with Gasteiger partial charge in [-0.25, -0.2) is 0 Å². The summed E-state index contributed by atoms with van der Waals surface area (Å²) in [5.74, 6) is 0. The molecule has 0 aromatic heterocycles. The van der Waals surface area contributed by atoms with Gasteiger partial charge < -0.3 is 0 Å². The van der Waals surface area contributed by atoms with Gasteiger partial charge in [0, 0.05) is 5.38 Å². The Hall–Kier alpha value is 0.290. The molecule has 0 bridgehead atoms. The van der Waals surface area contributed by atoms with Crippen molar-refractivity contribution in [3.05, 3.63) is 6.42 Å². The van der Waals surface area contributed by atoms with E-state index in [4.69, 9.17) is 11.6 Å². The van der Waals surface area contributed by atoms with Crippen LogP contribution in [0.4, 0.5) is 0 Å². The third kappa shape index (κ3) is 4.14. The van der Waals surface area contributed by atoms with E-state index in [0.717, 1.165) is 12.8 Å². The maximum atomic E-state index is 5.71. The van der Waals surface area contributed by atoms with Gasteiger partial charge in [0.25, 0.3) is 0 Å². The molecular formula is C6H12Cl. The van der Waals surface area contributed by atoms with Crippen molar-refractivity contribution in [2.24, 2.45) is 0 Å². The maximum Gasteiger partial charge on any atom is 0.0364 e. The maximum absolute atomic E-state index is 5.71. The minimum atomic E-state index is 0.296. The number of alkyl halides is 1. The molecule has 0 fully saturated rings. The van der Waals surface area contributed by atoms with E-state index in [1.54, 1.807) is 0 Å². The summed E-state index contributed by atoms with van der Waals surface area (Å²) in [5.41, 5.74) is 0. The standard InChI is InChI=1S/C6H12Cl/c1-3-5-6(7)4-2/h5-6H,3-4H2,1-2H3. The van der Waals surface area contributed by atoms with Gasteiger partial charge in [-0.2, -0.15) is 0 Å². The summed E-state index contributed by atoms with van der Waals surface area (Å²) in [4.78, 5) is 0. The van der Waals surface area contributed by atoms with Gasteiger partial charge >= 0.3 is 0 Å². The third-order valence-electron chi connectivity index (χ3n) is 0.881. The Kier molecular flexibility index (Phi) is 4.63. The highest BCUT2D eigenvalue weighted by Crippen LogP contribution is 2.06. The van der Waals surface area contributed by atoms with E-state index in [2.05, 4.69) is 20.3 Å². The molecule has 7 heavy (non-hydrogen) atoms. The van der Waals surface area contributed by atoms with Crippen LogP contribution in [0.25, 0.3) is 0 Å². The third-order valence-corrected chi connectivity index (χ3v) is 1.37. The molecule has 1 heteroatoms. The highest BCUT2D eigenvalue weighted by molar-refractivity contribution is 6.21. The number of rotatable bonds is 3. The smallest absolute Gasteiger partial charge is 0.0364 e. The normalized spacial score (nSPS) is 14.1. The van der Waals surface area contributed by atoms with Gasteiger partial charge in [0.15, 0.2) is 0 Å². The molecule has 1 atom stereocenters. The molecule has 1 radical (unpaired) electrons. The van der Waals surface area contributed by atoms with Crippen molar-refractivity contribution < 1.29 is 0 Å². The first-order chi connectivity index (χ1) is 3.31. The second-order valence-corrected chi connectivity index (χ2v) is 2.13. The Balaban J connectivity index is 2.83. The van der Waals surface area contributed by atoms with Crippen molar-refractivity contribution in [3.8, 4) is 0 Å². The predicted octanol–water partition coefficient (Wildman–Crippen LogP) is 2.62. The fraction of sp³-hybridized carbons (Fsp3) is 0.833. The fourth-order valence-electron chi connectivity index (χ4n) is 0.422. The molecule has 0 aromatic rings. The van der Waals surface area contributed by atoms with E-state index >= 15 is 0 Å². The van der Waals surface area contributed by atoms with Gasteiger partial charge in [-0.05, 0) is 12.8 Å². The molecule has 0 spiro atoms. The number of hydrogen-bond donors (Lipinski definition) is 0. The molecular weight excluding hydrogens is 108 g/mol. The van der Waals surface area contributed by atoms with Gasteiger partial charge in [-0.1, -0.05) is 20.3 Å². The van der Waals surface area contributed by atoms with Gasteiger partial charge in [-0.3, -0.25) is 0 Å². The first kappa shape index (κ1) is 7.29. The minimum Gasteiger partial charge on any atom is -0.123 e. The van der Waals surface area contributed by atoms with E-state index in [-0.39, 0.29) is 0 Å². The molecule has 0 heterocycles. The summed E-state index contributed by atoms with van der Waals surface area (Å²) in [6.07, 6.45) is 4.25. The molecule has 0 aliphatic carbocycles. The zero-order valence-electron chi connectivity index (χ0n) is 4.95. The van der Waals surface area contributed by atoms with Crippen LogP contribution in [-0.4, -0.2) is 5.38 Å². The summed E-state index contributed by atoms with van der Waals surface area (Å²) < 4.78 is 0. The van der Waals surface area contributed by atoms with Crippen molar-refractivity contribution in [1.29, 1.82) is 0 Å². The lowest BCUT2D eigenvalue weighted by atomic mass is 10.2. The van der Waals surface area contributed by atoms with Crippen LogP contribution < -0.4 is 0 Å². The molecule has 1 unspecified atom stereocenters. The molecule has 0 aromatic carbocycles. The average molecular weight is 120 g/mol. The van der Waals surface area contributed by atoms with Crippen LogP contribution in [-0.2, 0) is 0 Å². The van der Waals surface area contributed by atoms with E-state index in [1.807, 2.05) is 0 Å². The lowest BCUT2D eigenvalue weighted by Gasteiger charge is -1.99. The second-order valence-electron chi connectivity index (χ2n) is 1.57. The fourth-order valence-corrected chi connectivity index (χ4v) is 0.601. The molecule has 0 saturated heterocycles. The number of halogens is 1. The molecule has 0 nitrogen and oxygen atoms in total. The van der Waals surface area contributed by atoms with Crippen LogP contribution in [0, 0.1) is 6.42 Å². The molecule has 0 rings (SSSR count). The zero-order valence-corrected chi connectivity index (χ0v) is 5.70. The van der Waals surface area contributed by atoms with Gasteiger partial charge in [0.1, 0.15) is 0 Å². The SMILES string of the molecule is CC[CH]C(Cl)CC. The zero-order chi connectivity index (χ0) is 5.70. The highest BCUT2D eigenvalue weighted by atomic mass is 35.5. The summed E-state index contributed by atoms with van der Waals surface area (Å²) >= 11 is 5.71. The topological polar surface area (TPSA) is 0 Å². The molecule has 0 N–H and O–H groups in total. The summed E-state index contributed by atoms with van der Waals surface area (Å²) in [7, 11) is 0. The van der Waals surface area contributed by atoms with E-state index in [9.17, 15) is 0 Å². The molecule has 0 aliphatic heterocycles. The van der Waals surface area contributed by atoms with Gasteiger partial charge in [0.2, 0.25) is 0 Å². The molecule has 0 aliphatic rings. The molecule has 43 valence electrons. The average Bonchev–Trinajstić information content (AvgIpc) is 1.68. The summed E-state index contributed by atoms with van der Waals surface area (Å²) in [6.45, 7) is 4.19. The number of hydrogen-bond acceptors (Lipinski definition) is 0. The van der Waals surface area contributed by atoms with Crippen LogP contribution in [0.15, 0.2) is 0 Å². The summed E-state index contributed by atoms with van der Waals surface area (Å²) in [5, 5.41) is 0.296. The van der Waals surface area contributed by atoms with E-state index in [1.165, 1.54) is 0 Å². The van der Waals surface area contributed by atoms with Gasteiger partial charge in [0.05, 0.1) is 0 Å². The van der Waals surface area contributed by atoms with E-state index < -0.39 is 0 Å². The Morgan fingerprint density at radius 1 is 1.57 bits per heavy atom. The first-order valence-electron chi connectivity index (χ1n) is 2.78. The van der Waals surface area contributed by atoms with E-state index in [0.29, 0.717) is 5.38 Å². The van der Waals surface area contributed by atoms with Crippen molar-refractivity contribution in [2.75, 3.05) is 0 Å². The largest absolute Gasteiger partial charge is 0.123 e. The van der Waals surface area contributed by atoms with Crippen molar-refractivity contribution >= 4 is 11.6 Å².